The first kappa shape index (κ1) is 36.1. The van der Waals surface area contributed by atoms with E-state index < -0.39 is 23.8 Å². The Morgan fingerprint density at radius 2 is 1.48 bits per heavy atom. The van der Waals surface area contributed by atoms with Crippen LogP contribution >= 0.6 is 0 Å². The number of carbonyl (C=O) groups excluding carboxylic acids is 3. The van der Waals surface area contributed by atoms with Gasteiger partial charge in [-0.3, -0.25) is 9.59 Å². The van der Waals surface area contributed by atoms with Crippen LogP contribution in [-0.2, 0) is 27.3 Å². The van der Waals surface area contributed by atoms with Gasteiger partial charge < -0.3 is 25.4 Å². The van der Waals surface area contributed by atoms with Crippen LogP contribution in [0.2, 0.25) is 0 Å². The van der Waals surface area contributed by atoms with Crippen molar-refractivity contribution in [3.8, 4) is 5.75 Å². The number of amides is 3. The molecule has 0 saturated heterocycles. The number of benzene rings is 3. The number of carbonyl (C=O) groups is 3. The van der Waals surface area contributed by atoms with E-state index >= 15 is 0 Å². The third-order valence-corrected chi connectivity index (χ3v) is 7.58. The normalized spacial score (nSPS) is 12.6. The smallest absolute Gasteiger partial charge is 0.408 e. The molecule has 8 nitrogen and oxygen atoms in total. The summed E-state index contributed by atoms with van der Waals surface area (Å²) in [5.74, 6) is -0.574. The van der Waals surface area contributed by atoms with E-state index in [0.29, 0.717) is 25.1 Å². The molecule has 0 radical (unpaired) electrons. The number of nitrogens with zero attached hydrogens (tertiary/aromatic N) is 1. The van der Waals surface area contributed by atoms with Crippen LogP contribution in [-0.4, -0.2) is 46.1 Å². The van der Waals surface area contributed by atoms with E-state index in [1.54, 1.807) is 49.9 Å². The highest BCUT2D eigenvalue weighted by atomic mass is 16.6. The van der Waals surface area contributed by atoms with Gasteiger partial charge in [-0.05, 0) is 69.9 Å². The van der Waals surface area contributed by atoms with Gasteiger partial charge in [0.25, 0.3) is 0 Å². The van der Waals surface area contributed by atoms with Crippen LogP contribution in [0, 0.1) is 13.8 Å². The first-order valence-electron chi connectivity index (χ1n) is 16.3. The van der Waals surface area contributed by atoms with Crippen molar-refractivity contribution in [2.45, 2.75) is 104 Å². The fourth-order valence-corrected chi connectivity index (χ4v) is 5.49. The predicted molar refractivity (Wildman–Crippen MR) is 182 cm³/mol. The molecular weight excluding hydrogens is 578 g/mol. The minimum Gasteiger partial charge on any atom is -0.508 e. The number of ether oxygens (including phenoxy) is 1. The van der Waals surface area contributed by atoms with Crippen molar-refractivity contribution >= 4 is 17.9 Å². The Kier molecular flexibility index (Phi) is 13.7. The third kappa shape index (κ3) is 11.9. The summed E-state index contributed by atoms with van der Waals surface area (Å²) in [4.78, 5) is 43.6. The maximum absolute atomic E-state index is 14.7. The van der Waals surface area contributed by atoms with Crippen LogP contribution in [0.25, 0.3) is 0 Å². The fraction of sp³-hybridized carbons (Fsp3) is 0.447. The second-order valence-electron chi connectivity index (χ2n) is 13.0. The Morgan fingerprint density at radius 3 is 2.09 bits per heavy atom. The Balaban J connectivity index is 2.05. The molecule has 3 rings (SSSR count). The molecule has 2 atom stereocenters. The number of rotatable bonds is 15. The lowest BCUT2D eigenvalue weighted by Gasteiger charge is -2.35. The monoisotopic (exact) mass is 629 g/mol. The van der Waals surface area contributed by atoms with Crippen LogP contribution < -0.4 is 10.6 Å². The first-order valence-corrected chi connectivity index (χ1v) is 16.3. The standard InChI is InChI=1S/C38H51N3O5/c1-7-8-9-10-14-21-41(36(44)33(40-37(45)46-38(4,5)6)25-29-17-19-32(42)20-18-29)34(31-23-27(2)22-28(3)24-31)35(43)39-26-30-15-12-11-13-16-30/h11-13,15-20,22-24,33-34,42H,7-10,14,21,25-26H2,1-6H3,(H,39,43)(H,40,45). The van der Waals surface area contributed by atoms with Crippen LogP contribution in [0.3, 0.4) is 0 Å². The van der Waals surface area contributed by atoms with E-state index in [9.17, 15) is 19.5 Å². The van der Waals surface area contributed by atoms with Crippen molar-refractivity contribution in [1.29, 1.82) is 0 Å². The molecule has 2 unspecified atom stereocenters. The van der Waals surface area contributed by atoms with E-state index in [1.807, 2.05) is 62.4 Å². The van der Waals surface area contributed by atoms with Crippen LogP contribution in [0.15, 0.2) is 72.8 Å². The van der Waals surface area contributed by atoms with Crippen molar-refractivity contribution in [3.05, 3.63) is 101 Å². The summed E-state index contributed by atoms with van der Waals surface area (Å²) < 4.78 is 5.55. The molecular formula is C38H51N3O5. The summed E-state index contributed by atoms with van der Waals surface area (Å²) >= 11 is 0. The van der Waals surface area contributed by atoms with Gasteiger partial charge in [-0.2, -0.15) is 0 Å². The van der Waals surface area contributed by atoms with Gasteiger partial charge in [0.1, 0.15) is 23.4 Å². The molecule has 0 aromatic heterocycles. The minimum absolute atomic E-state index is 0.102. The molecule has 46 heavy (non-hydrogen) atoms. The lowest BCUT2D eigenvalue weighted by molar-refractivity contribution is -0.142. The molecule has 0 saturated carbocycles. The zero-order valence-corrected chi connectivity index (χ0v) is 28.3. The highest BCUT2D eigenvalue weighted by Crippen LogP contribution is 2.27. The van der Waals surface area contributed by atoms with E-state index in [0.717, 1.165) is 47.9 Å². The molecule has 0 heterocycles. The van der Waals surface area contributed by atoms with Crippen LogP contribution in [0.5, 0.6) is 5.75 Å². The molecule has 0 aliphatic rings. The average Bonchev–Trinajstić information content (AvgIpc) is 2.98. The zero-order chi connectivity index (χ0) is 33.7. The Hall–Kier alpha value is -4.33. The molecule has 0 aliphatic heterocycles. The van der Waals surface area contributed by atoms with Crippen LogP contribution in [0.1, 0.15) is 93.7 Å². The Morgan fingerprint density at radius 1 is 0.848 bits per heavy atom. The van der Waals surface area contributed by atoms with Crippen molar-refractivity contribution in [2.75, 3.05) is 6.54 Å². The molecule has 3 aromatic rings. The lowest BCUT2D eigenvalue weighted by Crippen LogP contribution is -2.54. The zero-order valence-electron chi connectivity index (χ0n) is 28.3. The number of unbranched alkanes of at least 4 members (excludes halogenated alkanes) is 4. The number of hydrogen-bond acceptors (Lipinski definition) is 5. The summed E-state index contributed by atoms with van der Waals surface area (Å²) in [5.41, 5.74) is 3.60. The van der Waals surface area contributed by atoms with Gasteiger partial charge >= 0.3 is 6.09 Å². The van der Waals surface area contributed by atoms with Crippen molar-refractivity contribution in [3.63, 3.8) is 0 Å². The van der Waals surface area contributed by atoms with Gasteiger partial charge in [0.15, 0.2) is 0 Å². The topological polar surface area (TPSA) is 108 Å². The van der Waals surface area contributed by atoms with Gasteiger partial charge in [-0.25, -0.2) is 4.79 Å². The summed E-state index contributed by atoms with van der Waals surface area (Å²) in [6.07, 6.45) is 4.25. The molecule has 0 bridgehead atoms. The van der Waals surface area contributed by atoms with E-state index in [4.69, 9.17) is 4.74 Å². The molecule has 3 aromatic carbocycles. The number of nitrogens with one attached hydrogen (secondary N) is 2. The Bertz CT molecular complexity index is 1400. The number of phenols is 1. The number of hydrogen-bond donors (Lipinski definition) is 3. The summed E-state index contributed by atoms with van der Waals surface area (Å²) in [5, 5.41) is 15.7. The second-order valence-corrected chi connectivity index (χ2v) is 13.0. The van der Waals surface area contributed by atoms with Crippen molar-refractivity contribution < 1.29 is 24.2 Å². The van der Waals surface area contributed by atoms with Gasteiger partial charge in [0.05, 0.1) is 0 Å². The van der Waals surface area contributed by atoms with Gasteiger partial charge in [0.2, 0.25) is 11.8 Å². The lowest BCUT2D eigenvalue weighted by atomic mass is 9.97. The average molecular weight is 630 g/mol. The SMILES string of the molecule is CCCCCCCN(C(=O)C(Cc1ccc(O)cc1)NC(=O)OC(C)(C)C)C(C(=O)NCc1ccccc1)c1cc(C)cc(C)c1. The maximum Gasteiger partial charge on any atom is 0.408 e. The molecule has 0 aliphatic carbocycles. The van der Waals surface area contributed by atoms with E-state index in [1.165, 1.54) is 0 Å². The predicted octanol–water partition coefficient (Wildman–Crippen LogP) is 7.30. The number of alkyl carbamates (subject to hydrolysis) is 1. The molecule has 0 fully saturated rings. The minimum atomic E-state index is -1.02. The van der Waals surface area contributed by atoms with Crippen molar-refractivity contribution in [2.24, 2.45) is 0 Å². The number of aryl methyl sites for hydroxylation is 2. The quantitative estimate of drug-likeness (QED) is 0.153. The fourth-order valence-electron chi connectivity index (χ4n) is 5.49. The van der Waals surface area contributed by atoms with Gasteiger partial charge in [0, 0.05) is 19.5 Å². The van der Waals surface area contributed by atoms with Gasteiger partial charge in [-0.1, -0.05) is 104 Å². The molecule has 0 spiro atoms. The maximum atomic E-state index is 14.7. The molecule has 8 heteroatoms. The third-order valence-electron chi connectivity index (χ3n) is 7.58. The number of phenolic OH excluding ortho intramolecular Hbond substituents is 1. The molecule has 3 N–H and O–H groups in total. The van der Waals surface area contributed by atoms with Crippen LogP contribution in [0.4, 0.5) is 4.79 Å². The van der Waals surface area contributed by atoms with E-state index in [2.05, 4.69) is 17.6 Å². The van der Waals surface area contributed by atoms with Gasteiger partial charge in [-0.15, -0.1) is 0 Å². The summed E-state index contributed by atoms with van der Waals surface area (Å²) in [6.45, 7) is 12.0. The highest BCUT2D eigenvalue weighted by Gasteiger charge is 2.36. The van der Waals surface area contributed by atoms with Crippen molar-refractivity contribution in [1.82, 2.24) is 15.5 Å². The summed E-state index contributed by atoms with van der Waals surface area (Å²) in [6, 6.07) is 20.2. The van der Waals surface area contributed by atoms with E-state index in [-0.39, 0.29) is 24.0 Å². The molecule has 3 amide bonds. The summed E-state index contributed by atoms with van der Waals surface area (Å²) in [7, 11) is 0. The second kappa shape index (κ2) is 17.4. The largest absolute Gasteiger partial charge is 0.508 e. The first-order chi connectivity index (χ1) is 21.9. The molecule has 248 valence electrons. The number of aromatic hydroxyl groups is 1. The highest BCUT2D eigenvalue weighted by molar-refractivity contribution is 5.92. The Labute approximate surface area is 274 Å².